The van der Waals surface area contributed by atoms with Crippen molar-refractivity contribution < 1.29 is 19.1 Å². The minimum atomic E-state index is -1.22. The number of anilines is 1. The molecule has 8 heteroatoms. The van der Waals surface area contributed by atoms with Crippen LogP contribution in [0.5, 0.6) is 5.75 Å². The number of carbonyl (C=O) groups is 3. The summed E-state index contributed by atoms with van der Waals surface area (Å²) in [5.74, 6) is -2.59. The van der Waals surface area contributed by atoms with Crippen molar-refractivity contribution in [2.45, 2.75) is 6.04 Å². The normalized spacial score (nSPS) is 18.5. The summed E-state index contributed by atoms with van der Waals surface area (Å²) in [5.41, 5.74) is 0.945. The molecule has 30 heavy (non-hydrogen) atoms. The first-order valence-electron chi connectivity index (χ1n) is 9.09. The molecule has 1 aliphatic heterocycles. The van der Waals surface area contributed by atoms with E-state index in [9.17, 15) is 14.4 Å². The molecule has 0 bridgehead atoms. The first kappa shape index (κ1) is 19.9. The monoisotopic (exact) mass is 465 g/mol. The first-order valence-corrected chi connectivity index (χ1v) is 9.88. The van der Waals surface area contributed by atoms with E-state index in [0.717, 1.165) is 4.47 Å². The lowest BCUT2D eigenvalue weighted by molar-refractivity contribution is -0.135. The zero-order valence-electron chi connectivity index (χ0n) is 15.9. The van der Waals surface area contributed by atoms with Gasteiger partial charge in [0.2, 0.25) is 11.7 Å². The number of amides is 1. The lowest BCUT2D eigenvalue weighted by Crippen LogP contribution is -2.32. The van der Waals surface area contributed by atoms with Crippen LogP contribution in [0.4, 0.5) is 5.95 Å². The van der Waals surface area contributed by atoms with Gasteiger partial charge in [-0.1, -0.05) is 28.1 Å². The molecular formula is C22H16BrN3O4. The molecule has 2 unspecified atom stereocenters. The number of ether oxygens (including phenoxy) is 1. The smallest absolute Gasteiger partial charge is 0.298 e. The Bertz CT molecular complexity index is 1120. The highest BCUT2D eigenvalue weighted by Crippen LogP contribution is 2.40. The van der Waals surface area contributed by atoms with Gasteiger partial charge in [-0.05, 0) is 48.0 Å². The number of nitrogens with zero attached hydrogens (tertiary/aromatic N) is 3. The van der Waals surface area contributed by atoms with Crippen molar-refractivity contribution >= 4 is 39.4 Å². The summed E-state index contributed by atoms with van der Waals surface area (Å²) in [6.45, 7) is 0. The van der Waals surface area contributed by atoms with Gasteiger partial charge in [0.05, 0.1) is 13.2 Å². The number of hydrogen-bond acceptors (Lipinski definition) is 6. The highest BCUT2D eigenvalue weighted by Gasteiger charge is 2.53. The van der Waals surface area contributed by atoms with E-state index < -0.39 is 29.4 Å². The molecule has 0 radical (unpaired) electrons. The first-order chi connectivity index (χ1) is 14.5. The fraction of sp³-hybridized carbons (Fsp3) is 0.136. The van der Waals surface area contributed by atoms with Crippen molar-refractivity contribution in [1.29, 1.82) is 0 Å². The van der Waals surface area contributed by atoms with E-state index in [4.69, 9.17) is 4.74 Å². The molecule has 150 valence electrons. The quantitative estimate of drug-likeness (QED) is 0.325. The number of halogens is 1. The fourth-order valence-corrected chi connectivity index (χ4v) is 3.95. The van der Waals surface area contributed by atoms with Crippen molar-refractivity contribution in [3.63, 3.8) is 0 Å². The molecule has 1 aromatic heterocycles. The van der Waals surface area contributed by atoms with Gasteiger partial charge in [-0.3, -0.25) is 19.3 Å². The predicted molar refractivity (Wildman–Crippen MR) is 112 cm³/mol. The topological polar surface area (TPSA) is 89.5 Å². The number of carbonyl (C=O) groups excluding carboxylic acids is 3. The molecule has 1 saturated heterocycles. The maximum Gasteiger partial charge on any atom is 0.298 e. The van der Waals surface area contributed by atoms with Crippen LogP contribution in [0, 0.1) is 5.92 Å². The second-order valence-corrected chi connectivity index (χ2v) is 7.57. The summed E-state index contributed by atoms with van der Waals surface area (Å²) in [4.78, 5) is 48.8. The third kappa shape index (κ3) is 3.50. The van der Waals surface area contributed by atoms with Crippen molar-refractivity contribution in [1.82, 2.24) is 9.97 Å². The van der Waals surface area contributed by atoms with Crippen molar-refractivity contribution in [3.8, 4) is 5.75 Å². The van der Waals surface area contributed by atoms with Crippen LogP contribution in [-0.4, -0.2) is 34.6 Å². The largest absolute Gasteiger partial charge is 0.497 e. The molecular weight excluding hydrogens is 450 g/mol. The Labute approximate surface area is 180 Å². The van der Waals surface area contributed by atoms with Crippen LogP contribution in [0.2, 0.25) is 0 Å². The molecule has 0 saturated carbocycles. The third-order valence-corrected chi connectivity index (χ3v) is 5.41. The highest BCUT2D eigenvalue weighted by atomic mass is 79.9. The minimum absolute atomic E-state index is 0.0749. The molecule has 1 fully saturated rings. The third-order valence-electron chi connectivity index (χ3n) is 4.92. The van der Waals surface area contributed by atoms with E-state index in [-0.39, 0.29) is 5.95 Å². The summed E-state index contributed by atoms with van der Waals surface area (Å²) in [6, 6.07) is 14.3. The molecule has 3 aromatic rings. The van der Waals surface area contributed by atoms with Gasteiger partial charge >= 0.3 is 0 Å². The Hall–Kier alpha value is -3.39. The maximum atomic E-state index is 13.4. The van der Waals surface area contributed by atoms with E-state index >= 15 is 0 Å². The number of aromatic nitrogens is 2. The van der Waals surface area contributed by atoms with Gasteiger partial charge in [-0.15, -0.1) is 0 Å². The van der Waals surface area contributed by atoms with E-state index in [1.165, 1.54) is 24.4 Å². The number of rotatable bonds is 5. The van der Waals surface area contributed by atoms with Crippen LogP contribution in [0.3, 0.4) is 0 Å². The highest BCUT2D eigenvalue weighted by molar-refractivity contribution is 9.10. The van der Waals surface area contributed by atoms with Crippen LogP contribution >= 0.6 is 15.9 Å². The Morgan fingerprint density at radius 3 is 2.37 bits per heavy atom. The van der Waals surface area contributed by atoms with Crippen LogP contribution in [0.1, 0.15) is 22.0 Å². The molecule has 7 nitrogen and oxygen atoms in total. The zero-order valence-corrected chi connectivity index (χ0v) is 17.4. The molecule has 1 amide bonds. The molecule has 2 aromatic carbocycles. The number of ketones is 2. The average molecular weight is 466 g/mol. The number of Topliss-reactive ketones (excluding diaryl/α,β-unsaturated/α-hetero) is 2. The SMILES string of the molecule is COc1ccc(C(=O)C2C(=O)C(=O)N(c3ncccn3)C2c2cccc(Br)c2)cc1. The summed E-state index contributed by atoms with van der Waals surface area (Å²) in [5, 5.41) is 0. The molecule has 0 N–H and O–H groups in total. The van der Waals surface area contributed by atoms with Gasteiger partial charge in [0.1, 0.15) is 11.7 Å². The second kappa shape index (κ2) is 8.16. The summed E-state index contributed by atoms with van der Waals surface area (Å²) < 4.78 is 5.89. The van der Waals surface area contributed by atoms with Gasteiger partial charge in [0.25, 0.3) is 5.91 Å². The molecule has 0 aliphatic carbocycles. The fourth-order valence-electron chi connectivity index (χ4n) is 3.53. The van der Waals surface area contributed by atoms with Crippen molar-refractivity contribution in [2.24, 2.45) is 5.92 Å². The van der Waals surface area contributed by atoms with Gasteiger partial charge < -0.3 is 4.74 Å². The standard InChI is InChI=1S/C22H16BrN3O4/c1-30-16-8-6-13(7-9-16)19(27)17-18(14-4-2-5-15(23)12-14)26(21(29)20(17)28)22-24-10-3-11-25-22/h2-12,17-18H,1H3. The van der Waals surface area contributed by atoms with E-state index in [0.29, 0.717) is 16.9 Å². The minimum Gasteiger partial charge on any atom is -0.497 e. The molecule has 0 spiro atoms. The van der Waals surface area contributed by atoms with Gasteiger partial charge in [0.15, 0.2) is 5.78 Å². The van der Waals surface area contributed by atoms with Crippen molar-refractivity contribution in [2.75, 3.05) is 12.0 Å². The van der Waals surface area contributed by atoms with Crippen LogP contribution in [-0.2, 0) is 9.59 Å². The molecule has 2 atom stereocenters. The molecule has 2 heterocycles. The maximum absolute atomic E-state index is 13.4. The number of hydrogen-bond donors (Lipinski definition) is 0. The summed E-state index contributed by atoms with van der Waals surface area (Å²) in [7, 11) is 1.52. The van der Waals surface area contributed by atoms with Gasteiger partial charge in [0, 0.05) is 22.4 Å². The Morgan fingerprint density at radius 2 is 1.73 bits per heavy atom. The van der Waals surface area contributed by atoms with Crippen LogP contribution in [0.15, 0.2) is 71.5 Å². The second-order valence-electron chi connectivity index (χ2n) is 6.66. The summed E-state index contributed by atoms with van der Waals surface area (Å²) >= 11 is 3.41. The van der Waals surface area contributed by atoms with Gasteiger partial charge in [-0.2, -0.15) is 0 Å². The van der Waals surface area contributed by atoms with Crippen LogP contribution < -0.4 is 9.64 Å². The predicted octanol–water partition coefficient (Wildman–Crippen LogP) is 3.40. The lowest BCUT2D eigenvalue weighted by atomic mass is 9.86. The van der Waals surface area contributed by atoms with E-state index in [2.05, 4.69) is 25.9 Å². The van der Waals surface area contributed by atoms with Crippen molar-refractivity contribution in [3.05, 3.63) is 82.6 Å². The Morgan fingerprint density at radius 1 is 1.03 bits per heavy atom. The zero-order chi connectivity index (χ0) is 21.3. The Balaban J connectivity index is 1.83. The number of benzene rings is 2. The van der Waals surface area contributed by atoms with Crippen LogP contribution in [0.25, 0.3) is 0 Å². The Kier molecular flexibility index (Phi) is 5.41. The lowest BCUT2D eigenvalue weighted by Gasteiger charge is -2.25. The number of methoxy groups -OCH3 is 1. The molecule has 4 rings (SSSR count). The van der Waals surface area contributed by atoms with E-state index in [1.807, 2.05) is 6.07 Å². The average Bonchev–Trinajstić information content (AvgIpc) is 3.04. The summed E-state index contributed by atoms with van der Waals surface area (Å²) in [6.07, 6.45) is 2.97. The van der Waals surface area contributed by atoms with E-state index in [1.54, 1.807) is 48.5 Å². The molecule has 1 aliphatic rings. The van der Waals surface area contributed by atoms with Gasteiger partial charge in [-0.25, -0.2) is 9.97 Å².